The highest BCUT2D eigenvalue weighted by molar-refractivity contribution is 5.75. The summed E-state index contributed by atoms with van der Waals surface area (Å²) in [5.41, 5.74) is 0.240. The number of carbonyl (C=O) groups is 2. The zero-order chi connectivity index (χ0) is 35.1. The van der Waals surface area contributed by atoms with E-state index in [9.17, 15) is 19.8 Å². The SMILES string of the molecule is CCCCCCCCCCCCCCCCc1c(O)c(N=CCCCC(C)(C)OC=O)c(C)c(O)c1OCCCC(=O)OC(C)(C)C. The molecule has 270 valence electrons. The predicted octanol–water partition coefficient (Wildman–Crippen LogP) is 10.8. The Labute approximate surface area is 286 Å². The Morgan fingerprint density at radius 2 is 1.34 bits per heavy atom. The lowest BCUT2D eigenvalue weighted by Crippen LogP contribution is -2.24. The molecular weight excluding hydrogens is 594 g/mol. The van der Waals surface area contributed by atoms with E-state index < -0.39 is 11.2 Å². The third-order valence-corrected chi connectivity index (χ3v) is 8.38. The Morgan fingerprint density at radius 3 is 1.87 bits per heavy atom. The van der Waals surface area contributed by atoms with Crippen LogP contribution in [0.15, 0.2) is 4.99 Å². The average Bonchev–Trinajstić information content (AvgIpc) is 2.99. The summed E-state index contributed by atoms with van der Waals surface area (Å²) < 4.78 is 16.5. The number of benzene rings is 1. The van der Waals surface area contributed by atoms with Crippen LogP contribution in [0.5, 0.6) is 17.2 Å². The number of phenols is 2. The Kier molecular flexibility index (Phi) is 21.2. The van der Waals surface area contributed by atoms with Crippen LogP contribution in [0.4, 0.5) is 5.69 Å². The third-order valence-electron chi connectivity index (χ3n) is 8.38. The average molecular weight is 662 g/mol. The van der Waals surface area contributed by atoms with Crippen molar-refractivity contribution in [3.63, 3.8) is 0 Å². The number of hydrogen-bond acceptors (Lipinski definition) is 8. The Balaban J connectivity index is 2.77. The molecule has 0 unspecified atom stereocenters. The van der Waals surface area contributed by atoms with Crippen molar-refractivity contribution in [2.75, 3.05) is 6.61 Å². The molecule has 0 radical (unpaired) electrons. The number of nitrogens with zero attached hydrogens (tertiary/aromatic N) is 1. The summed E-state index contributed by atoms with van der Waals surface area (Å²) in [6.45, 7) is 13.9. The standard InChI is InChI=1S/C39H67NO7/c1-8-9-10-11-12-13-14-15-16-17-18-19-20-21-25-32-36(44)34(40-28-23-22-27-39(6,7)46-30-41)31(2)35(43)37(32)45-29-24-26-33(42)47-38(3,4)5/h28,30,43-44H,8-27,29H2,1-7H3. The fraction of sp³-hybridized carbons (Fsp3) is 0.769. The van der Waals surface area contributed by atoms with Gasteiger partial charge in [0.1, 0.15) is 22.6 Å². The second kappa shape index (κ2) is 23.5. The van der Waals surface area contributed by atoms with Crippen molar-refractivity contribution in [3.8, 4) is 17.2 Å². The maximum absolute atomic E-state index is 12.1. The Hall–Kier alpha value is -2.77. The minimum absolute atomic E-state index is 0.0259. The van der Waals surface area contributed by atoms with Gasteiger partial charge in [-0.05, 0) is 80.1 Å². The number of phenolic OH excluding ortho intramolecular Hbond substituents is 2. The molecule has 1 aromatic carbocycles. The fourth-order valence-electron chi connectivity index (χ4n) is 5.64. The van der Waals surface area contributed by atoms with Crippen LogP contribution in [0, 0.1) is 6.92 Å². The van der Waals surface area contributed by atoms with E-state index >= 15 is 0 Å². The topological polar surface area (TPSA) is 115 Å². The van der Waals surface area contributed by atoms with Crippen LogP contribution in [0.1, 0.15) is 175 Å². The van der Waals surface area contributed by atoms with Crippen molar-refractivity contribution in [3.05, 3.63) is 11.1 Å². The minimum atomic E-state index is -0.547. The van der Waals surface area contributed by atoms with Crippen LogP contribution in [0.2, 0.25) is 0 Å². The molecule has 0 aliphatic rings. The number of hydrogen-bond donors (Lipinski definition) is 2. The molecule has 0 aliphatic heterocycles. The van der Waals surface area contributed by atoms with Gasteiger partial charge in [0.25, 0.3) is 6.47 Å². The molecular formula is C39H67NO7. The number of unbranched alkanes of at least 4 members (excludes halogenated alkanes) is 14. The van der Waals surface area contributed by atoms with Gasteiger partial charge < -0.3 is 24.4 Å². The van der Waals surface area contributed by atoms with Gasteiger partial charge in [-0.1, -0.05) is 90.4 Å². The van der Waals surface area contributed by atoms with Gasteiger partial charge in [-0.3, -0.25) is 14.6 Å². The van der Waals surface area contributed by atoms with E-state index in [1.807, 2.05) is 34.6 Å². The van der Waals surface area contributed by atoms with E-state index in [1.165, 1.54) is 70.6 Å². The summed E-state index contributed by atoms with van der Waals surface area (Å²) in [4.78, 5) is 27.4. The summed E-state index contributed by atoms with van der Waals surface area (Å²) in [7, 11) is 0. The zero-order valence-electron chi connectivity index (χ0n) is 30.9. The molecule has 0 fully saturated rings. The molecule has 8 heteroatoms. The molecule has 0 saturated heterocycles. The van der Waals surface area contributed by atoms with Crippen LogP contribution in [0.3, 0.4) is 0 Å². The second-order valence-corrected chi connectivity index (χ2v) is 14.5. The minimum Gasteiger partial charge on any atom is -0.505 e. The van der Waals surface area contributed by atoms with Crippen LogP contribution < -0.4 is 4.74 Å². The molecule has 0 atom stereocenters. The van der Waals surface area contributed by atoms with Gasteiger partial charge >= 0.3 is 5.97 Å². The van der Waals surface area contributed by atoms with Gasteiger partial charge in [0.2, 0.25) is 0 Å². The molecule has 0 aliphatic carbocycles. The number of ether oxygens (including phenoxy) is 3. The molecule has 0 bridgehead atoms. The van der Waals surface area contributed by atoms with Gasteiger partial charge in [-0.15, -0.1) is 0 Å². The van der Waals surface area contributed by atoms with Crippen LogP contribution >= 0.6 is 0 Å². The third kappa shape index (κ3) is 19.0. The summed E-state index contributed by atoms with van der Waals surface area (Å²) in [6.07, 6.45) is 22.6. The molecule has 1 rings (SSSR count). The number of aliphatic imine (C=N–C) groups is 1. The lowest BCUT2D eigenvalue weighted by molar-refractivity contribution is -0.155. The molecule has 0 amide bonds. The van der Waals surface area contributed by atoms with Crippen LogP contribution in [0.25, 0.3) is 0 Å². The first-order chi connectivity index (χ1) is 22.3. The first-order valence-electron chi connectivity index (χ1n) is 18.4. The van der Waals surface area contributed by atoms with Crippen molar-refractivity contribution in [2.45, 2.75) is 188 Å². The highest BCUT2D eigenvalue weighted by Crippen LogP contribution is 2.48. The molecule has 47 heavy (non-hydrogen) atoms. The summed E-state index contributed by atoms with van der Waals surface area (Å²) in [5.74, 6) is -0.0329. The van der Waals surface area contributed by atoms with Crippen LogP contribution in [-0.2, 0) is 25.5 Å². The van der Waals surface area contributed by atoms with Crippen molar-refractivity contribution in [1.29, 1.82) is 0 Å². The van der Waals surface area contributed by atoms with Crippen molar-refractivity contribution in [1.82, 2.24) is 0 Å². The lowest BCUT2D eigenvalue weighted by Gasteiger charge is -2.21. The molecule has 0 heterocycles. The van der Waals surface area contributed by atoms with E-state index in [-0.39, 0.29) is 36.2 Å². The number of aromatic hydroxyl groups is 2. The van der Waals surface area contributed by atoms with E-state index in [2.05, 4.69) is 11.9 Å². The second-order valence-electron chi connectivity index (χ2n) is 14.5. The first kappa shape index (κ1) is 42.3. The normalized spacial score (nSPS) is 12.1. The Morgan fingerprint density at radius 1 is 0.787 bits per heavy atom. The van der Waals surface area contributed by atoms with Crippen molar-refractivity contribution in [2.24, 2.45) is 4.99 Å². The predicted molar refractivity (Wildman–Crippen MR) is 192 cm³/mol. The Bertz CT molecular complexity index is 1060. The van der Waals surface area contributed by atoms with E-state index in [4.69, 9.17) is 14.2 Å². The van der Waals surface area contributed by atoms with Gasteiger partial charge in [0.05, 0.1) is 6.61 Å². The van der Waals surface area contributed by atoms with Gasteiger partial charge in [0.15, 0.2) is 11.5 Å². The largest absolute Gasteiger partial charge is 0.505 e. The van der Waals surface area contributed by atoms with Gasteiger partial charge in [-0.25, -0.2) is 0 Å². The first-order valence-corrected chi connectivity index (χ1v) is 18.4. The molecule has 0 aromatic heterocycles. The van der Waals surface area contributed by atoms with Crippen molar-refractivity contribution < 1.29 is 34.0 Å². The molecule has 2 N–H and O–H groups in total. The van der Waals surface area contributed by atoms with Crippen LogP contribution in [-0.4, -0.2) is 46.7 Å². The molecule has 0 spiro atoms. The monoisotopic (exact) mass is 661 g/mol. The van der Waals surface area contributed by atoms with Gasteiger partial charge in [-0.2, -0.15) is 0 Å². The smallest absolute Gasteiger partial charge is 0.306 e. The van der Waals surface area contributed by atoms with E-state index in [0.29, 0.717) is 49.0 Å². The maximum atomic E-state index is 12.1. The van der Waals surface area contributed by atoms with E-state index in [0.717, 1.165) is 25.7 Å². The highest BCUT2D eigenvalue weighted by Gasteiger charge is 2.23. The zero-order valence-corrected chi connectivity index (χ0v) is 30.9. The molecule has 0 saturated carbocycles. The molecule has 8 nitrogen and oxygen atoms in total. The van der Waals surface area contributed by atoms with Crippen molar-refractivity contribution >= 4 is 24.3 Å². The fourth-order valence-corrected chi connectivity index (χ4v) is 5.64. The summed E-state index contributed by atoms with van der Waals surface area (Å²) in [6, 6.07) is 0. The molecule has 1 aromatic rings. The summed E-state index contributed by atoms with van der Waals surface area (Å²) in [5, 5.41) is 22.5. The lowest BCUT2D eigenvalue weighted by atomic mass is 9.99. The maximum Gasteiger partial charge on any atom is 0.306 e. The number of carbonyl (C=O) groups excluding carboxylic acids is 2. The van der Waals surface area contributed by atoms with Gasteiger partial charge in [0, 0.05) is 23.8 Å². The quantitative estimate of drug-likeness (QED) is 0.0317. The number of rotatable bonds is 27. The summed E-state index contributed by atoms with van der Waals surface area (Å²) >= 11 is 0. The number of esters is 1. The highest BCUT2D eigenvalue weighted by atomic mass is 16.6. The van der Waals surface area contributed by atoms with E-state index in [1.54, 1.807) is 13.1 Å².